The smallest absolute Gasteiger partial charge is 0.257 e. The zero-order valence-electron chi connectivity index (χ0n) is 13.8. The van der Waals surface area contributed by atoms with Crippen LogP contribution in [0.1, 0.15) is 23.0 Å². The molecule has 2 rings (SSSR count). The molecule has 2 atom stereocenters. The van der Waals surface area contributed by atoms with Crippen molar-refractivity contribution in [2.75, 3.05) is 0 Å². The molecule has 0 aliphatic heterocycles. The van der Waals surface area contributed by atoms with Gasteiger partial charge in [-0.3, -0.25) is 10.1 Å². The van der Waals surface area contributed by atoms with Crippen LogP contribution in [0, 0.1) is 5.82 Å². The molecule has 0 radical (unpaired) electrons. The Labute approximate surface area is 163 Å². The third kappa shape index (κ3) is 4.50. The van der Waals surface area contributed by atoms with E-state index >= 15 is 0 Å². The number of carbonyl (C=O) groups excluding carboxylic acids is 1. The third-order valence-corrected chi connectivity index (χ3v) is 4.34. The summed E-state index contributed by atoms with van der Waals surface area (Å²) in [6.45, 7) is 4.80. The van der Waals surface area contributed by atoms with Crippen molar-refractivity contribution in [3.05, 3.63) is 76.8 Å². The van der Waals surface area contributed by atoms with Crippen LogP contribution in [-0.2, 0) is 5.54 Å². The topological polar surface area (TPSA) is 54.0 Å². The second kappa shape index (κ2) is 8.46. The van der Waals surface area contributed by atoms with Crippen molar-refractivity contribution in [3.63, 3.8) is 0 Å². The molecule has 26 heavy (non-hydrogen) atoms. The second-order valence-corrected chi connectivity index (χ2v) is 6.80. The number of amides is 1. The molecule has 0 fully saturated rings. The van der Waals surface area contributed by atoms with E-state index in [-0.39, 0.29) is 10.8 Å². The first-order valence-electron chi connectivity index (χ1n) is 7.55. The van der Waals surface area contributed by atoms with Gasteiger partial charge in [-0.05, 0) is 59.3 Å². The van der Waals surface area contributed by atoms with E-state index in [1.165, 1.54) is 13.0 Å². The van der Waals surface area contributed by atoms with E-state index in [0.29, 0.717) is 10.2 Å². The summed E-state index contributed by atoms with van der Waals surface area (Å²) in [5, 5.41) is 4.95. The van der Waals surface area contributed by atoms with Gasteiger partial charge in [-0.1, -0.05) is 24.3 Å². The minimum Gasteiger partial charge on any atom is -0.348 e. The number of thiocarbonyl (C=S) groups is 1. The second-order valence-electron chi connectivity index (χ2n) is 5.58. The Bertz CT molecular complexity index is 834. The number of nitrogens with one attached hydrogen (secondary N) is 2. The van der Waals surface area contributed by atoms with Crippen LogP contribution in [0.2, 0.25) is 0 Å². The molecule has 0 aliphatic rings. The van der Waals surface area contributed by atoms with Crippen LogP contribution in [0.5, 0.6) is 0 Å². The van der Waals surface area contributed by atoms with E-state index in [0.717, 1.165) is 12.1 Å². The number of carbonyl (C=O) groups is 1. The lowest BCUT2D eigenvalue weighted by Gasteiger charge is -2.33. The Kier molecular flexibility index (Phi) is 6.55. The monoisotopic (exact) mass is 439 g/mol. The van der Waals surface area contributed by atoms with Gasteiger partial charge in [-0.25, -0.2) is 13.8 Å². The molecule has 1 aromatic heterocycles. The van der Waals surface area contributed by atoms with Gasteiger partial charge in [0.05, 0.1) is 0 Å². The molecule has 0 spiro atoms. The van der Waals surface area contributed by atoms with Gasteiger partial charge in [0.25, 0.3) is 5.91 Å². The molecule has 8 heteroatoms. The van der Waals surface area contributed by atoms with Crippen LogP contribution >= 0.6 is 28.1 Å². The van der Waals surface area contributed by atoms with Crippen LogP contribution in [0.15, 0.2) is 59.7 Å². The number of aromatic nitrogens is 1. The van der Waals surface area contributed by atoms with Crippen LogP contribution in [0.3, 0.4) is 0 Å². The molecule has 136 valence electrons. The van der Waals surface area contributed by atoms with E-state index in [2.05, 4.69) is 38.1 Å². The first kappa shape index (κ1) is 20.1. The first-order chi connectivity index (χ1) is 12.3. The average molecular weight is 440 g/mol. The Balaban J connectivity index is 2.28. The number of rotatable bonds is 5. The fourth-order valence-corrected chi connectivity index (χ4v) is 2.92. The Morgan fingerprint density at radius 1 is 1.35 bits per heavy atom. The molecule has 0 saturated heterocycles. The van der Waals surface area contributed by atoms with E-state index in [9.17, 15) is 13.6 Å². The van der Waals surface area contributed by atoms with E-state index in [1.54, 1.807) is 30.3 Å². The van der Waals surface area contributed by atoms with Crippen molar-refractivity contribution in [3.8, 4) is 0 Å². The Morgan fingerprint density at radius 2 is 2.00 bits per heavy atom. The van der Waals surface area contributed by atoms with Crippen LogP contribution < -0.4 is 10.6 Å². The fourth-order valence-electron chi connectivity index (χ4n) is 2.31. The maximum atomic E-state index is 14.6. The highest BCUT2D eigenvalue weighted by atomic mass is 79.9. The lowest BCUT2D eigenvalue weighted by Crippen LogP contribution is -2.54. The van der Waals surface area contributed by atoms with Crippen LogP contribution in [0.4, 0.5) is 8.78 Å². The first-order valence-corrected chi connectivity index (χ1v) is 8.75. The molecule has 0 unspecified atom stereocenters. The number of hydrogen-bond donors (Lipinski definition) is 2. The van der Waals surface area contributed by atoms with Gasteiger partial charge >= 0.3 is 0 Å². The van der Waals surface area contributed by atoms with Gasteiger partial charge in [0.2, 0.25) is 0 Å². The van der Waals surface area contributed by atoms with Gasteiger partial charge in [-0.15, -0.1) is 6.58 Å². The van der Waals surface area contributed by atoms with Crippen molar-refractivity contribution in [2.24, 2.45) is 0 Å². The SMILES string of the molecule is C=C[C@H](F)[C@](C)(NC(=S)NC(=O)c1ccccc1)c1nc(Br)ccc1F. The summed E-state index contributed by atoms with van der Waals surface area (Å²) >= 11 is 8.26. The van der Waals surface area contributed by atoms with Gasteiger partial charge in [-0.2, -0.15) is 0 Å². The number of alkyl halides is 1. The third-order valence-electron chi connectivity index (χ3n) is 3.70. The largest absolute Gasteiger partial charge is 0.348 e. The predicted molar refractivity (Wildman–Crippen MR) is 104 cm³/mol. The number of halogens is 3. The molecule has 1 heterocycles. The molecule has 0 bridgehead atoms. The summed E-state index contributed by atoms with van der Waals surface area (Å²) in [7, 11) is 0. The Morgan fingerprint density at radius 3 is 2.62 bits per heavy atom. The van der Waals surface area contributed by atoms with Crippen molar-refractivity contribution >= 4 is 39.2 Å². The molecule has 0 saturated carbocycles. The van der Waals surface area contributed by atoms with Crippen LogP contribution in [-0.4, -0.2) is 22.2 Å². The van der Waals surface area contributed by atoms with Crippen molar-refractivity contribution in [2.45, 2.75) is 18.6 Å². The lowest BCUT2D eigenvalue weighted by atomic mass is 9.90. The number of benzene rings is 1. The number of nitrogens with zero attached hydrogens (tertiary/aromatic N) is 1. The molecule has 0 aliphatic carbocycles. The van der Waals surface area contributed by atoms with Gasteiger partial charge in [0.1, 0.15) is 27.8 Å². The van der Waals surface area contributed by atoms with Crippen molar-refractivity contribution in [1.82, 2.24) is 15.6 Å². The van der Waals surface area contributed by atoms with E-state index < -0.39 is 23.4 Å². The standard InChI is InChI=1S/C18H16BrF2N3OS/c1-3-13(21)18(2,15-12(20)9-10-14(19)22-15)24-17(26)23-16(25)11-7-5-4-6-8-11/h3-10,13H,1H2,2H3,(H2,23,24,25,26)/t13-,18-/m0/s1. The van der Waals surface area contributed by atoms with Crippen LogP contribution in [0.25, 0.3) is 0 Å². The highest BCUT2D eigenvalue weighted by Crippen LogP contribution is 2.29. The molecule has 4 nitrogen and oxygen atoms in total. The maximum Gasteiger partial charge on any atom is 0.257 e. The molecule has 2 aromatic rings. The summed E-state index contributed by atoms with van der Waals surface area (Å²) in [6.07, 6.45) is -0.721. The van der Waals surface area contributed by atoms with Crippen molar-refractivity contribution in [1.29, 1.82) is 0 Å². The maximum absolute atomic E-state index is 14.6. The summed E-state index contributed by atoms with van der Waals surface area (Å²) in [5.74, 6) is -1.19. The highest BCUT2D eigenvalue weighted by molar-refractivity contribution is 9.10. The molecule has 1 amide bonds. The number of hydrogen-bond acceptors (Lipinski definition) is 3. The zero-order valence-corrected chi connectivity index (χ0v) is 16.2. The van der Waals surface area contributed by atoms with Crippen molar-refractivity contribution < 1.29 is 13.6 Å². The summed E-state index contributed by atoms with van der Waals surface area (Å²) < 4.78 is 29.2. The summed E-state index contributed by atoms with van der Waals surface area (Å²) in [5.41, 5.74) is -1.49. The highest BCUT2D eigenvalue weighted by Gasteiger charge is 2.39. The summed E-state index contributed by atoms with van der Waals surface area (Å²) in [4.78, 5) is 16.2. The normalized spacial score (nSPS) is 14.0. The molecule has 1 aromatic carbocycles. The fraction of sp³-hybridized carbons (Fsp3) is 0.167. The minimum atomic E-state index is -1.73. The minimum absolute atomic E-state index is 0.160. The zero-order chi connectivity index (χ0) is 19.3. The predicted octanol–water partition coefficient (Wildman–Crippen LogP) is 4.03. The van der Waals surface area contributed by atoms with Gasteiger partial charge in [0.15, 0.2) is 5.11 Å². The lowest BCUT2D eigenvalue weighted by molar-refractivity contribution is 0.0975. The van der Waals surface area contributed by atoms with Gasteiger partial charge < -0.3 is 5.32 Å². The molecular weight excluding hydrogens is 424 g/mol. The molecule has 2 N–H and O–H groups in total. The summed E-state index contributed by atoms with van der Waals surface area (Å²) in [6, 6.07) is 10.9. The average Bonchev–Trinajstić information content (AvgIpc) is 2.63. The Hall–Kier alpha value is -2.19. The number of pyridine rings is 1. The van der Waals surface area contributed by atoms with Gasteiger partial charge in [0, 0.05) is 5.56 Å². The quantitative estimate of drug-likeness (QED) is 0.419. The van der Waals surface area contributed by atoms with E-state index in [1.807, 2.05) is 0 Å². The van der Waals surface area contributed by atoms with E-state index in [4.69, 9.17) is 12.2 Å². The molecular formula is C18H16BrF2N3OS.